The van der Waals surface area contributed by atoms with Gasteiger partial charge in [0, 0.05) is 19.3 Å². The summed E-state index contributed by atoms with van der Waals surface area (Å²) in [7, 11) is 0. The lowest BCUT2D eigenvalue weighted by molar-refractivity contribution is -0.167. The summed E-state index contributed by atoms with van der Waals surface area (Å²) in [4.78, 5) is 38.3. The summed E-state index contributed by atoms with van der Waals surface area (Å²) in [5, 5.41) is 0. The van der Waals surface area contributed by atoms with Crippen LogP contribution in [0.4, 0.5) is 0 Å². The van der Waals surface area contributed by atoms with Crippen molar-refractivity contribution in [3.8, 4) is 0 Å². The van der Waals surface area contributed by atoms with E-state index in [0.29, 0.717) is 19.3 Å². The second-order valence-corrected chi connectivity index (χ2v) is 20.6. The molecule has 0 aliphatic carbocycles. The maximum Gasteiger partial charge on any atom is 0.306 e. The van der Waals surface area contributed by atoms with Crippen LogP contribution in [0.5, 0.6) is 0 Å². The zero-order valence-electron chi connectivity index (χ0n) is 49.0. The van der Waals surface area contributed by atoms with Crippen LogP contribution in [0.2, 0.25) is 0 Å². The number of rotatable bonds is 56. The molecule has 0 spiro atoms. The minimum absolute atomic E-state index is 0.0981. The van der Waals surface area contributed by atoms with Gasteiger partial charge in [0.2, 0.25) is 0 Å². The molecule has 0 saturated heterocycles. The van der Waals surface area contributed by atoms with E-state index in [-0.39, 0.29) is 37.5 Å². The van der Waals surface area contributed by atoms with Crippen molar-refractivity contribution in [2.75, 3.05) is 13.2 Å². The van der Waals surface area contributed by atoms with Crippen LogP contribution in [0.1, 0.15) is 290 Å². The number of allylic oxidation sites excluding steroid dienone is 18. The van der Waals surface area contributed by atoms with Crippen molar-refractivity contribution in [3.05, 3.63) is 109 Å². The third-order valence-corrected chi connectivity index (χ3v) is 13.3. The van der Waals surface area contributed by atoms with Crippen molar-refractivity contribution < 1.29 is 28.6 Å². The van der Waals surface area contributed by atoms with Gasteiger partial charge in [-0.1, -0.05) is 278 Å². The molecule has 1 unspecified atom stereocenters. The van der Waals surface area contributed by atoms with Crippen LogP contribution in [0, 0.1) is 0 Å². The predicted molar refractivity (Wildman–Crippen MR) is 325 cm³/mol. The van der Waals surface area contributed by atoms with E-state index in [1.54, 1.807) is 0 Å². The third-order valence-electron chi connectivity index (χ3n) is 13.3. The third kappa shape index (κ3) is 60.8. The second kappa shape index (κ2) is 62.6. The van der Waals surface area contributed by atoms with Crippen LogP contribution in [0.15, 0.2) is 109 Å². The topological polar surface area (TPSA) is 78.9 Å². The van der Waals surface area contributed by atoms with Crippen molar-refractivity contribution in [2.45, 2.75) is 297 Å². The Morgan fingerprint density at radius 1 is 0.280 bits per heavy atom. The standard InChI is InChI=1S/C69H116O6/c1-4-7-10-13-16-19-22-25-28-31-32-33-34-35-36-39-41-44-47-50-53-56-59-62-68(71)74-65-66(75-69(72)63-60-57-54-51-48-45-42-38-30-27-24-21-18-15-12-9-6-3)64-73-67(70)61-58-55-52-49-46-43-40-37-29-26-23-20-17-14-11-8-5-2/h7,10,16,18-19,21,25,27-28,30,32-33,35-36,41,44,50,53,66H,4-6,8-9,11-15,17,20,22-24,26,29,31,34,37-40,42-43,45-49,51-52,54-65H2,1-3H3/b10-7-,19-16-,21-18-,28-25-,30-27-,33-32-,36-35-,44-41-,53-50-. The minimum Gasteiger partial charge on any atom is -0.462 e. The first-order chi connectivity index (χ1) is 37.0. The second-order valence-electron chi connectivity index (χ2n) is 20.6. The molecule has 0 radical (unpaired) electrons. The Bertz CT molecular complexity index is 1520. The van der Waals surface area contributed by atoms with Crippen LogP contribution >= 0.6 is 0 Å². The maximum atomic E-state index is 12.9. The fourth-order valence-corrected chi connectivity index (χ4v) is 8.58. The summed E-state index contributed by atoms with van der Waals surface area (Å²) in [6.07, 6.45) is 85.2. The monoisotopic (exact) mass is 1040 g/mol. The maximum absolute atomic E-state index is 12.9. The van der Waals surface area contributed by atoms with Gasteiger partial charge in [-0.05, 0) is 103 Å². The van der Waals surface area contributed by atoms with Gasteiger partial charge in [0.15, 0.2) is 6.10 Å². The number of carbonyl (C=O) groups is 3. The fraction of sp³-hybridized carbons (Fsp3) is 0.696. The van der Waals surface area contributed by atoms with Crippen LogP contribution in [-0.4, -0.2) is 37.2 Å². The Morgan fingerprint density at radius 2 is 0.533 bits per heavy atom. The van der Waals surface area contributed by atoms with Crippen LogP contribution in [-0.2, 0) is 28.6 Å². The van der Waals surface area contributed by atoms with Crippen molar-refractivity contribution in [1.82, 2.24) is 0 Å². The van der Waals surface area contributed by atoms with Gasteiger partial charge < -0.3 is 14.2 Å². The zero-order valence-corrected chi connectivity index (χ0v) is 49.0. The summed E-state index contributed by atoms with van der Waals surface area (Å²) in [6, 6.07) is 0. The molecule has 6 heteroatoms. The average molecular weight is 1040 g/mol. The van der Waals surface area contributed by atoms with Gasteiger partial charge in [-0.2, -0.15) is 0 Å². The van der Waals surface area contributed by atoms with Gasteiger partial charge in [0.25, 0.3) is 0 Å². The molecular formula is C69H116O6. The molecule has 75 heavy (non-hydrogen) atoms. The van der Waals surface area contributed by atoms with Gasteiger partial charge in [-0.25, -0.2) is 0 Å². The number of esters is 3. The molecule has 0 rings (SSSR count). The van der Waals surface area contributed by atoms with Gasteiger partial charge in [0.1, 0.15) is 13.2 Å². The number of hydrogen-bond donors (Lipinski definition) is 0. The first kappa shape index (κ1) is 71.1. The highest BCUT2D eigenvalue weighted by Crippen LogP contribution is 2.16. The highest BCUT2D eigenvalue weighted by molar-refractivity contribution is 5.71. The quantitative estimate of drug-likeness (QED) is 0.0261. The largest absolute Gasteiger partial charge is 0.462 e. The molecule has 0 heterocycles. The van der Waals surface area contributed by atoms with E-state index < -0.39 is 6.10 Å². The lowest BCUT2D eigenvalue weighted by Crippen LogP contribution is -2.30. The summed E-state index contributed by atoms with van der Waals surface area (Å²) in [5.74, 6) is -0.960. The molecule has 0 saturated carbocycles. The van der Waals surface area contributed by atoms with Crippen molar-refractivity contribution in [2.24, 2.45) is 0 Å². The Morgan fingerprint density at radius 3 is 0.893 bits per heavy atom. The molecule has 0 aromatic carbocycles. The Hall–Kier alpha value is -3.93. The predicted octanol–water partition coefficient (Wildman–Crippen LogP) is 21.4. The lowest BCUT2D eigenvalue weighted by Gasteiger charge is -2.18. The number of ether oxygens (including phenoxy) is 3. The number of unbranched alkanes of at least 4 members (excludes halogenated alkanes) is 27. The lowest BCUT2D eigenvalue weighted by atomic mass is 10.0. The summed E-state index contributed by atoms with van der Waals surface area (Å²) < 4.78 is 16.9. The Labute approximate surface area is 463 Å². The first-order valence-electron chi connectivity index (χ1n) is 31.4. The normalized spacial score (nSPS) is 12.8. The van der Waals surface area contributed by atoms with Crippen molar-refractivity contribution in [1.29, 1.82) is 0 Å². The SMILES string of the molecule is CC/C=C\C/C=C\C/C=C\C/C=C\C/C=C\C/C=C\C/C=C\CCCC(=O)OCC(COC(=O)CCCCCCCCCCCCCCCCCCC)OC(=O)CCCCCCCCC/C=C\C/C=C\CCCCC. The molecule has 0 bridgehead atoms. The van der Waals surface area contributed by atoms with E-state index in [1.165, 1.54) is 141 Å². The van der Waals surface area contributed by atoms with Crippen LogP contribution in [0.25, 0.3) is 0 Å². The smallest absolute Gasteiger partial charge is 0.306 e. The fourth-order valence-electron chi connectivity index (χ4n) is 8.58. The van der Waals surface area contributed by atoms with Gasteiger partial charge in [-0.15, -0.1) is 0 Å². The van der Waals surface area contributed by atoms with Crippen molar-refractivity contribution in [3.63, 3.8) is 0 Å². The summed E-state index contributed by atoms with van der Waals surface area (Å²) in [5.41, 5.74) is 0. The van der Waals surface area contributed by atoms with Gasteiger partial charge in [0.05, 0.1) is 0 Å². The van der Waals surface area contributed by atoms with Gasteiger partial charge >= 0.3 is 17.9 Å². The summed E-state index contributed by atoms with van der Waals surface area (Å²) in [6.45, 7) is 6.47. The molecular weight excluding hydrogens is 925 g/mol. The molecule has 0 aliphatic rings. The molecule has 428 valence electrons. The zero-order chi connectivity index (χ0) is 54.3. The molecule has 1 atom stereocenters. The van der Waals surface area contributed by atoms with E-state index in [2.05, 4.69) is 130 Å². The first-order valence-corrected chi connectivity index (χ1v) is 31.4. The Kier molecular flexibility index (Phi) is 59.3. The highest BCUT2D eigenvalue weighted by Gasteiger charge is 2.19. The van der Waals surface area contributed by atoms with E-state index in [0.717, 1.165) is 103 Å². The molecule has 0 amide bonds. The van der Waals surface area contributed by atoms with Gasteiger partial charge in [-0.3, -0.25) is 14.4 Å². The highest BCUT2D eigenvalue weighted by atomic mass is 16.6. The van der Waals surface area contributed by atoms with E-state index in [1.807, 2.05) is 0 Å². The Balaban J connectivity index is 4.48. The van der Waals surface area contributed by atoms with Crippen LogP contribution in [0.3, 0.4) is 0 Å². The molecule has 0 aromatic rings. The average Bonchev–Trinajstić information content (AvgIpc) is 3.41. The van der Waals surface area contributed by atoms with E-state index in [9.17, 15) is 14.4 Å². The minimum atomic E-state index is -0.807. The number of carbonyl (C=O) groups excluding carboxylic acids is 3. The number of hydrogen-bond acceptors (Lipinski definition) is 6. The van der Waals surface area contributed by atoms with Crippen LogP contribution < -0.4 is 0 Å². The van der Waals surface area contributed by atoms with Crippen molar-refractivity contribution >= 4 is 17.9 Å². The summed E-state index contributed by atoms with van der Waals surface area (Å²) >= 11 is 0. The molecule has 6 nitrogen and oxygen atoms in total. The molecule has 0 fully saturated rings. The molecule has 0 N–H and O–H groups in total. The molecule has 0 aliphatic heterocycles. The molecule has 0 aromatic heterocycles. The van der Waals surface area contributed by atoms with E-state index >= 15 is 0 Å². The van der Waals surface area contributed by atoms with E-state index in [4.69, 9.17) is 14.2 Å².